The lowest BCUT2D eigenvalue weighted by atomic mass is 10.1. The van der Waals surface area contributed by atoms with Crippen molar-refractivity contribution >= 4 is 24.0 Å². The van der Waals surface area contributed by atoms with Gasteiger partial charge in [-0.2, -0.15) is 0 Å². The van der Waals surface area contributed by atoms with E-state index in [1.54, 1.807) is 25.1 Å². The molecule has 7 heteroatoms. The molecule has 0 bridgehead atoms. The maximum absolute atomic E-state index is 12.3. The highest BCUT2D eigenvalue weighted by Gasteiger charge is 2.32. The number of amides is 3. The van der Waals surface area contributed by atoms with Crippen LogP contribution in [0.5, 0.6) is 0 Å². The van der Waals surface area contributed by atoms with Crippen LogP contribution in [0.15, 0.2) is 36.0 Å². The molecule has 1 aliphatic rings. The fourth-order valence-corrected chi connectivity index (χ4v) is 3.27. The topological polar surface area (TPSA) is 80.6 Å². The first kappa shape index (κ1) is 18.4. The smallest absolute Gasteiger partial charge is 0.339 e. The Bertz CT molecular complexity index is 972. The summed E-state index contributed by atoms with van der Waals surface area (Å²) in [7, 11) is 1.35. The number of nitrogens with one attached hydrogen (secondary N) is 1. The maximum Gasteiger partial charge on any atom is 0.339 e. The zero-order valence-electron chi connectivity index (χ0n) is 15.7. The molecule has 1 aliphatic heterocycles. The summed E-state index contributed by atoms with van der Waals surface area (Å²) in [5.74, 6) is -0.767. The van der Waals surface area contributed by atoms with Gasteiger partial charge in [-0.25, -0.2) is 9.59 Å². The Morgan fingerprint density at radius 3 is 2.56 bits per heavy atom. The Kier molecular flexibility index (Phi) is 4.85. The average Bonchev–Trinajstić information content (AvgIpc) is 3.09. The first-order valence-electron chi connectivity index (χ1n) is 8.60. The number of urea groups is 1. The molecule has 2 aromatic rings. The highest BCUT2D eigenvalue weighted by Crippen LogP contribution is 2.26. The fourth-order valence-electron chi connectivity index (χ4n) is 3.27. The van der Waals surface area contributed by atoms with E-state index < -0.39 is 12.0 Å². The second-order valence-electron chi connectivity index (χ2n) is 6.21. The fraction of sp³-hybridized carbons (Fsp3) is 0.250. The number of methoxy groups -OCH3 is 1. The van der Waals surface area contributed by atoms with E-state index in [0.717, 1.165) is 21.9 Å². The highest BCUT2D eigenvalue weighted by atomic mass is 16.5. The van der Waals surface area contributed by atoms with Crippen LogP contribution in [0.4, 0.5) is 4.79 Å². The molecule has 0 radical (unpaired) electrons. The van der Waals surface area contributed by atoms with E-state index in [1.807, 2.05) is 36.6 Å². The number of aromatic nitrogens is 1. The Morgan fingerprint density at radius 2 is 1.93 bits per heavy atom. The van der Waals surface area contributed by atoms with Crippen LogP contribution in [-0.4, -0.2) is 41.0 Å². The van der Waals surface area contributed by atoms with Crippen molar-refractivity contribution in [1.82, 2.24) is 14.8 Å². The number of hydrogen-bond donors (Lipinski definition) is 1. The summed E-state index contributed by atoms with van der Waals surface area (Å²) in [5.41, 5.74) is 3.90. The van der Waals surface area contributed by atoms with Gasteiger partial charge in [0.05, 0.1) is 18.4 Å². The predicted octanol–water partition coefficient (Wildman–Crippen LogP) is 2.79. The van der Waals surface area contributed by atoms with Gasteiger partial charge in [0, 0.05) is 17.9 Å². The number of carbonyl (C=O) groups excluding carboxylic acids is 3. The summed E-state index contributed by atoms with van der Waals surface area (Å²) in [6.45, 7) is 5.87. The van der Waals surface area contributed by atoms with Gasteiger partial charge >= 0.3 is 12.0 Å². The third-order valence-electron chi connectivity index (χ3n) is 4.60. The summed E-state index contributed by atoms with van der Waals surface area (Å²) in [5, 5.41) is 2.60. The van der Waals surface area contributed by atoms with Gasteiger partial charge in [0.25, 0.3) is 5.91 Å². The summed E-state index contributed by atoms with van der Waals surface area (Å²) in [6, 6.07) is 8.66. The highest BCUT2D eigenvalue weighted by molar-refractivity contribution is 6.14. The molecule has 0 aliphatic carbocycles. The predicted molar refractivity (Wildman–Crippen MR) is 100 cm³/mol. The average molecular weight is 367 g/mol. The van der Waals surface area contributed by atoms with Crippen molar-refractivity contribution in [2.45, 2.75) is 20.8 Å². The van der Waals surface area contributed by atoms with E-state index >= 15 is 0 Å². The molecular formula is C20H21N3O4. The third-order valence-corrected chi connectivity index (χ3v) is 4.60. The molecule has 7 nitrogen and oxygen atoms in total. The van der Waals surface area contributed by atoms with Crippen LogP contribution in [-0.2, 0) is 9.53 Å². The zero-order chi connectivity index (χ0) is 19.7. The molecule has 1 N–H and O–H groups in total. The molecule has 0 atom stereocenters. The largest absolute Gasteiger partial charge is 0.465 e. The number of carbonyl (C=O) groups is 3. The monoisotopic (exact) mass is 367 g/mol. The summed E-state index contributed by atoms with van der Waals surface area (Å²) in [6.07, 6.45) is 1.66. The second kappa shape index (κ2) is 7.11. The molecule has 0 spiro atoms. The molecule has 0 saturated carbocycles. The summed E-state index contributed by atoms with van der Waals surface area (Å²) in [4.78, 5) is 37.4. The van der Waals surface area contributed by atoms with Crippen molar-refractivity contribution in [3.63, 3.8) is 0 Å². The molecule has 3 rings (SSSR count). The molecule has 27 heavy (non-hydrogen) atoms. The van der Waals surface area contributed by atoms with Crippen LogP contribution >= 0.6 is 0 Å². The maximum atomic E-state index is 12.3. The van der Waals surface area contributed by atoms with E-state index in [0.29, 0.717) is 17.8 Å². The minimum absolute atomic E-state index is 0.239. The van der Waals surface area contributed by atoms with Gasteiger partial charge in [0.2, 0.25) is 0 Å². The van der Waals surface area contributed by atoms with Gasteiger partial charge in [0.15, 0.2) is 0 Å². The molecule has 3 amide bonds. The molecule has 1 saturated heterocycles. The number of rotatable bonds is 4. The SMILES string of the molecule is CCN1C(=O)N/C(=C/c2cc(C)n(-c3ccccc3C(=O)OC)c2C)C1=O. The Hall–Kier alpha value is -3.35. The number of nitrogens with zero attached hydrogens (tertiary/aromatic N) is 2. The molecule has 1 aromatic heterocycles. The number of aryl methyl sites for hydroxylation is 1. The summed E-state index contributed by atoms with van der Waals surface area (Å²) >= 11 is 0. The summed E-state index contributed by atoms with van der Waals surface area (Å²) < 4.78 is 6.81. The first-order valence-corrected chi connectivity index (χ1v) is 8.60. The van der Waals surface area contributed by atoms with Crippen molar-refractivity contribution < 1.29 is 19.1 Å². The van der Waals surface area contributed by atoms with Crippen molar-refractivity contribution in [2.75, 3.05) is 13.7 Å². The molecule has 140 valence electrons. The number of imide groups is 1. The second-order valence-corrected chi connectivity index (χ2v) is 6.21. The van der Waals surface area contributed by atoms with E-state index in [4.69, 9.17) is 4.74 Å². The van der Waals surface area contributed by atoms with Crippen LogP contribution in [0.1, 0.15) is 34.2 Å². The Morgan fingerprint density at radius 1 is 1.22 bits per heavy atom. The van der Waals surface area contributed by atoms with Crippen LogP contribution in [0.25, 0.3) is 11.8 Å². The molecule has 2 heterocycles. The number of benzene rings is 1. The lowest BCUT2D eigenvalue weighted by Gasteiger charge is -2.13. The molecular weight excluding hydrogens is 346 g/mol. The van der Waals surface area contributed by atoms with E-state index in [9.17, 15) is 14.4 Å². The van der Waals surface area contributed by atoms with Crippen LogP contribution in [0, 0.1) is 13.8 Å². The number of para-hydroxylation sites is 1. The van der Waals surface area contributed by atoms with Crippen molar-refractivity contribution in [3.8, 4) is 5.69 Å². The molecule has 0 unspecified atom stereocenters. The molecule has 1 fully saturated rings. The van der Waals surface area contributed by atoms with Crippen LogP contribution in [0.2, 0.25) is 0 Å². The lowest BCUT2D eigenvalue weighted by Crippen LogP contribution is -2.30. The van der Waals surface area contributed by atoms with E-state index in [1.165, 1.54) is 7.11 Å². The zero-order valence-corrected chi connectivity index (χ0v) is 15.7. The van der Waals surface area contributed by atoms with Crippen molar-refractivity contribution in [3.05, 3.63) is 58.5 Å². The minimum Gasteiger partial charge on any atom is -0.465 e. The van der Waals surface area contributed by atoms with Gasteiger partial charge in [-0.3, -0.25) is 9.69 Å². The van der Waals surface area contributed by atoms with Gasteiger partial charge in [0.1, 0.15) is 5.70 Å². The number of likely N-dealkylation sites (N-methyl/N-ethyl adjacent to an activating group) is 1. The van der Waals surface area contributed by atoms with Gasteiger partial charge < -0.3 is 14.6 Å². The quantitative estimate of drug-likeness (QED) is 0.512. The minimum atomic E-state index is -0.421. The number of esters is 1. The number of ether oxygens (including phenoxy) is 1. The van der Waals surface area contributed by atoms with E-state index in [2.05, 4.69) is 5.32 Å². The lowest BCUT2D eigenvalue weighted by molar-refractivity contribution is -0.122. The van der Waals surface area contributed by atoms with Crippen LogP contribution < -0.4 is 5.32 Å². The Balaban J connectivity index is 2.08. The van der Waals surface area contributed by atoms with Crippen LogP contribution in [0.3, 0.4) is 0 Å². The van der Waals surface area contributed by atoms with Gasteiger partial charge in [-0.05, 0) is 50.6 Å². The normalized spacial score (nSPS) is 15.4. The Labute approximate surface area is 157 Å². The van der Waals surface area contributed by atoms with Crippen molar-refractivity contribution in [1.29, 1.82) is 0 Å². The van der Waals surface area contributed by atoms with Crippen molar-refractivity contribution in [2.24, 2.45) is 0 Å². The van der Waals surface area contributed by atoms with Gasteiger partial charge in [-0.1, -0.05) is 12.1 Å². The number of hydrogen-bond acceptors (Lipinski definition) is 4. The first-order chi connectivity index (χ1) is 12.9. The van der Waals surface area contributed by atoms with E-state index in [-0.39, 0.29) is 11.6 Å². The third kappa shape index (κ3) is 3.12. The van der Waals surface area contributed by atoms with Gasteiger partial charge in [-0.15, -0.1) is 0 Å². The molecule has 1 aromatic carbocycles. The standard InChI is InChI=1S/C20H21N3O4/c1-5-22-18(24)16(21-20(22)26)11-14-10-12(2)23(13(14)3)17-9-7-6-8-15(17)19(25)27-4/h6-11H,5H2,1-4H3,(H,21,26)/b16-11+.